The lowest BCUT2D eigenvalue weighted by atomic mass is 9.83. The molecule has 0 aliphatic heterocycles. The van der Waals surface area contributed by atoms with E-state index in [0.29, 0.717) is 12.8 Å². The van der Waals surface area contributed by atoms with Gasteiger partial charge < -0.3 is 21.0 Å². The Labute approximate surface area is 319 Å². The molecule has 54 heavy (non-hydrogen) atoms. The number of para-hydroxylation sites is 2. The Balaban J connectivity index is 0.00000450. The van der Waals surface area contributed by atoms with Gasteiger partial charge in [0.15, 0.2) is 0 Å². The molecule has 4 heterocycles. The van der Waals surface area contributed by atoms with Gasteiger partial charge in [-0.3, -0.25) is 9.97 Å². The molecule has 6 heteroatoms. The van der Waals surface area contributed by atoms with Crippen LogP contribution in [0, 0.1) is 0 Å². The number of hydrogen-bond donors (Lipinski definition) is 2. The quantitative estimate of drug-likeness (QED) is 0.0974. The summed E-state index contributed by atoms with van der Waals surface area (Å²) in [6.07, 6.45) is 13.9. The van der Waals surface area contributed by atoms with Gasteiger partial charge in [-0.15, -0.1) is 0 Å². The van der Waals surface area contributed by atoms with Gasteiger partial charge in [-0.25, -0.2) is 0 Å². The van der Waals surface area contributed by atoms with E-state index in [-0.39, 0.29) is 6.15 Å². The van der Waals surface area contributed by atoms with E-state index in [1.165, 1.54) is 54.7 Å². The van der Waals surface area contributed by atoms with Crippen LogP contribution in [-0.4, -0.2) is 24.6 Å². The van der Waals surface area contributed by atoms with Crippen molar-refractivity contribution in [2.75, 3.05) is 0 Å². The molecule has 6 nitrogen and oxygen atoms in total. The minimum absolute atomic E-state index is 0. The summed E-state index contributed by atoms with van der Waals surface area (Å²) in [6.45, 7) is 4.12. The summed E-state index contributed by atoms with van der Waals surface area (Å²) >= 11 is 0. The van der Waals surface area contributed by atoms with Gasteiger partial charge in [0.1, 0.15) is 0 Å². The molecule has 0 spiro atoms. The molecule has 8 aromatic rings. The van der Waals surface area contributed by atoms with Gasteiger partial charge in [-0.1, -0.05) is 123 Å². The number of unbranched alkanes of at least 4 members (excludes halogenated alkanes) is 2. The van der Waals surface area contributed by atoms with Gasteiger partial charge >= 0.3 is 0 Å². The summed E-state index contributed by atoms with van der Waals surface area (Å²) < 4.78 is 5.04. The molecular formula is C48H54N6. The first kappa shape index (κ1) is 37.0. The number of aryl methyl sites for hydroxylation is 4. The smallest absolute Gasteiger partial charge is 0.0711 e. The number of fused-ring (bicyclic) bond motifs is 6. The average molecular weight is 715 g/mol. The lowest BCUT2D eigenvalue weighted by molar-refractivity contribution is 0.365. The largest absolute Gasteiger partial charge is 0.344 e. The molecule has 0 aliphatic rings. The van der Waals surface area contributed by atoms with E-state index >= 15 is 0 Å². The van der Waals surface area contributed by atoms with Crippen LogP contribution in [0.4, 0.5) is 0 Å². The van der Waals surface area contributed by atoms with Crippen molar-refractivity contribution in [2.45, 2.75) is 89.8 Å². The van der Waals surface area contributed by atoms with Crippen molar-refractivity contribution >= 4 is 43.6 Å². The van der Waals surface area contributed by atoms with Crippen LogP contribution < -0.4 is 11.9 Å². The van der Waals surface area contributed by atoms with E-state index in [0.717, 1.165) is 75.8 Å². The van der Waals surface area contributed by atoms with Gasteiger partial charge in [0.05, 0.1) is 22.4 Å². The summed E-state index contributed by atoms with van der Waals surface area (Å²) in [5.74, 6) is 0. The highest BCUT2D eigenvalue weighted by molar-refractivity contribution is 6.09. The summed E-state index contributed by atoms with van der Waals surface area (Å²) in [7, 11) is 0. The average Bonchev–Trinajstić information content (AvgIpc) is 3.69. The Hall–Kier alpha value is -5.30. The lowest BCUT2D eigenvalue weighted by Gasteiger charge is -2.30. The first-order chi connectivity index (χ1) is 26.1. The molecule has 4 aromatic carbocycles. The van der Waals surface area contributed by atoms with Gasteiger partial charge in [0, 0.05) is 76.4 Å². The minimum atomic E-state index is -0.519. The molecule has 0 saturated heterocycles. The number of nitrogens with zero attached hydrogens (tertiary/aromatic N) is 4. The van der Waals surface area contributed by atoms with Crippen molar-refractivity contribution in [3.8, 4) is 0 Å². The Morgan fingerprint density at radius 2 is 0.963 bits per heavy atom. The summed E-state index contributed by atoms with van der Waals surface area (Å²) in [5.41, 5.74) is 17.1. The fourth-order valence-electron chi connectivity index (χ4n) is 8.67. The number of aromatic nitrogens is 4. The molecule has 0 aliphatic carbocycles. The highest BCUT2D eigenvalue weighted by Crippen LogP contribution is 2.36. The second kappa shape index (κ2) is 16.8. The molecule has 0 unspecified atom stereocenters. The standard InChI is InChI=1S/C48H51N5.H3N/c1-2-3-14-29-48(49,34-42-46-40(27-30-50-42)38-23-10-12-25-44(38)52(46)32-15-21-36-17-6-4-7-18-36)35-43-47-41(28-31-51-43)39-24-11-13-26-45(39)53(47)33-16-22-37-19-8-5-9-20-37;/h4-13,17-20,23-28,30-31H,2-3,14-16,21-22,29,32-35,49H2,1H3;1H3. The van der Waals surface area contributed by atoms with Crippen molar-refractivity contribution in [3.05, 3.63) is 156 Å². The maximum atomic E-state index is 7.73. The van der Waals surface area contributed by atoms with Crippen molar-refractivity contribution in [2.24, 2.45) is 5.73 Å². The number of benzene rings is 4. The summed E-state index contributed by atoms with van der Waals surface area (Å²) in [4.78, 5) is 10.3. The number of hydrogen-bond acceptors (Lipinski definition) is 4. The van der Waals surface area contributed by atoms with Crippen LogP contribution >= 0.6 is 0 Å². The van der Waals surface area contributed by atoms with E-state index in [2.05, 4.69) is 137 Å². The van der Waals surface area contributed by atoms with Crippen LogP contribution in [0.25, 0.3) is 43.6 Å². The second-order valence-electron chi connectivity index (χ2n) is 15.0. The number of pyridine rings is 2. The van der Waals surface area contributed by atoms with Crippen LogP contribution in [0.15, 0.2) is 134 Å². The summed E-state index contributed by atoms with van der Waals surface area (Å²) in [6, 6.07) is 43.7. The van der Waals surface area contributed by atoms with E-state index in [9.17, 15) is 0 Å². The fraction of sp³-hybridized carbons (Fsp3) is 0.292. The molecular weight excluding hydrogens is 661 g/mol. The Kier molecular flexibility index (Phi) is 11.5. The Morgan fingerprint density at radius 1 is 0.519 bits per heavy atom. The molecule has 0 atom stereocenters. The highest BCUT2D eigenvalue weighted by Gasteiger charge is 2.30. The lowest BCUT2D eigenvalue weighted by Crippen LogP contribution is -2.45. The van der Waals surface area contributed by atoms with E-state index in [1.54, 1.807) is 0 Å². The number of rotatable bonds is 16. The summed E-state index contributed by atoms with van der Waals surface area (Å²) in [5, 5.41) is 5.09. The zero-order valence-corrected chi connectivity index (χ0v) is 31.8. The molecule has 4 aromatic heterocycles. The first-order valence-corrected chi connectivity index (χ1v) is 19.7. The first-order valence-electron chi connectivity index (χ1n) is 19.7. The molecule has 0 bridgehead atoms. The molecule has 0 radical (unpaired) electrons. The van der Waals surface area contributed by atoms with E-state index in [1.807, 2.05) is 12.4 Å². The van der Waals surface area contributed by atoms with Crippen LogP contribution in [0.3, 0.4) is 0 Å². The van der Waals surface area contributed by atoms with Gasteiger partial charge in [0.25, 0.3) is 0 Å². The normalized spacial score (nSPS) is 11.9. The van der Waals surface area contributed by atoms with Crippen LogP contribution in [-0.2, 0) is 38.8 Å². The zero-order chi connectivity index (χ0) is 36.0. The van der Waals surface area contributed by atoms with Crippen LogP contribution in [0.2, 0.25) is 0 Å². The van der Waals surface area contributed by atoms with E-state index in [4.69, 9.17) is 15.7 Å². The van der Waals surface area contributed by atoms with Crippen molar-refractivity contribution < 1.29 is 0 Å². The fourth-order valence-corrected chi connectivity index (χ4v) is 8.67. The maximum Gasteiger partial charge on any atom is 0.0711 e. The van der Waals surface area contributed by atoms with Gasteiger partial charge in [0.2, 0.25) is 0 Å². The topological polar surface area (TPSA) is 96.7 Å². The third-order valence-electron chi connectivity index (χ3n) is 11.2. The SMILES string of the molecule is CCCCCC(N)(Cc1nccc2c3ccccc3n(CCCc3ccccc3)c12)Cc1nccc2c3ccccc3n(CCCc3ccccc3)c12.N. The van der Waals surface area contributed by atoms with Gasteiger partial charge in [-0.2, -0.15) is 0 Å². The monoisotopic (exact) mass is 714 g/mol. The predicted octanol–water partition coefficient (Wildman–Crippen LogP) is 11.2. The van der Waals surface area contributed by atoms with Crippen molar-refractivity contribution in [3.63, 3.8) is 0 Å². The molecule has 276 valence electrons. The Bertz CT molecular complexity index is 2280. The molecule has 8 rings (SSSR count). The zero-order valence-electron chi connectivity index (χ0n) is 31.8. The minimum Gasteiger partial charge on any atom is -0.344 e. The van der Waals surface area contributed by atoms with E-state index < -0.39 is 5.54 Å². The maximum absolute atomic E-state index is 7.73. The Morgan fingerprint density at radius 3 is 1.43 bits per heavy atom. The number of nitrogens with two attached hydrogens (primary N) is 1. The second-order valence-corrected chi connectivity index (χ2v) is 15.0. The molecule has 0 fully saturated rings. The van der Waals surface area contributed by atoms with Crippen molar-refractivity contribution in [1.82, 2.24) is 25.3 Å². The van der Waals surface area contributed by atoms with Crippen LogP contribution in [0.1, 0.15) is 68.0 Å². The van der Waals surface area contributed by atoms with Gasteiger partial charge in [-0.05, 0) is 67.5 Å². The third kappa shape index (κ3) is 7.68. The molecule has 0 amide bonds. The van der Waals surface area contributed by atoms with Crippen LogP contribution in [0.5, 0.6) is 0 Å². The third-order valence-corrected chi connectivity index (χ3v) is 11.2. The molecule has 0 saturated carbocycles. The van der Waals surface area contributed by atoms with Crippen molar-refractivity contribution in [1.29, 1.82) is 0 Å². The predicted molar refractivity (Wildman–Crippen MR) is 227 cm³/mol. The highest BCUT2D eigenvalue weighted by atomic mass is 15.0. The molecule has 5 N–H and O–H groups in total.